The van der Waals surface area contributed by atoms with Gasteiger partial charge in [0.25, 0.3) is 0 Å². The van der Waals surface area contributed by atoms with Crippen molar-refractivity contribution in [2.75, 3.05) is 18.3 Å². The zero-order chi connectivity index (χ0) is 15.4. The molecule has 0 saturated carbocycles. The molecule has 1 N–H and O–H groups in total. The van der Waals surface area contributed by atoms with Crippen molar-refractivity contribution in [3.05, 3.63) is 29.8 Å². The summed E-state index contributed by atoms with van der Waals surface area (Å²) in [7, 11) is 0. The molecule has 1 amide bonds. The molecule has 1 aromatic carbocycles. The Morgan fingerprint density at radius 3 is 2.52 bits per heavy atom. The molecule has 0 bridgehead atoms. The number of carbonyl (C=O) groups excluding carboxylic acids is 1. The van der Waals surface area contributed by atoms with Crippen LogP contribution >= 0.6 is 23.5 Å². The van der Waals surface area contributed by atoms with E-state index in [0.29, 0.717) is 0 Å². The van der Waals surface area contributed by atoms with E-state index >= 15 is 0 Å². The Labute approximate surface area is 136 Å². The molecule has 0 aliphatic carbocycles. The van der Waals surface area contributed by atoms with Crippen LogP contribution in [-0.4, -0.2) is 41.2 Å². The quantitative estimate of drug-likeness (QED) is 0.813. The third-order valence-electron chi connectivity index (χ3n) is 3.96. The van der Waals surface area contributed by atoms with E-state index in [1.165, 1.54) is 10.5 Å². The van der Waals surface area contributed by atoms with E-state index < -0.39 is 0 Å². The largest absolute Gasteiger partial charge is 0.319 e. The van der Waals surface area contributed by atoms with Gasteiger partial charge in [-0.05, 0) is 56.2 Å². The van der Waals surface area contributed by atoms with E-state index in [1.807, 2.05) is 23.6 Å². The molecule has 2 rings (SSSR count). The molecule has 0 radical (unpaired) electrons. The molecular formula is C16H24N2OS2. The summed E-state index contributed by atoms with van der Waals surface area (Å²) in [4.78, 5) is 15.7. The molecule has 0 spiro atoms. The lowest BCUT2D eigenvalue weighted by Gasteiger charge is -2.30. The summed E-state index contributed by atoms with van der Waals surface area (Å²) in [6.45, 7) is 4.10. The summed E-state index contributed by atoms with van der Waals surface area (Å²) >= 11 is 3.57. The van der Waals surface area contributed by atoms with Crippen LogP contribution in [-0.2, 0) is 4.79 Å². The summed E-state index contributed by atoms with van der Waals surface area (Å²) in [6, 6.07) is 8.66. The number of benzene rings is 1. The number of rotatable bonds is 6. The molecule has 1 aliphatic heterocycles. The SMILES string of the molecule is CSCCC(C)N1C(=O)C(C)NC1c1ccc(SC)cc1. The fourth-order valence-electron chi connectivity index (χ4n) is 2.68. The van der Waals surface area contributed by atoms with Gasteiger partial charge in [-0.2, -0.15) is 11.8 Å². The highest BCUT2D eigenvalue weighted by molar-refractivity contribution is 7.98. The van der Waals surface area contributed by atoms with Crippen LogP contribution in [0.5, 0.6) is 0 Å². The number of amides is 1. The van der Waals surface area contributed by atoms with E-state index in [9.17, 15) is 4.79 Å². The van der Waals surface area contributed by atoms with Crippen molar-refractivity contribution in [2.24, 2.45) is 0 Å². The van der Waals surface area contributed by atoms with Gasteiger partial charge in [-0.1, -0.05) is 12.1 Å². The van der Waals surface area contributed by atoms with E-state index in [4.69, 9.17) is 0 Å². The lowest BCUT2D eigenvalue weighted by atomic mass is 10.1. The molecule has 5 heteroatoms. The van der Waals surface area contributed by atoms with Gasteiger partial charge in [0, 0.05) is 10.9 Å². The highest BCUT2D eigenvalue weighted by Gasteiger charge is 2.39. The number of hydrogen-bond donors (Lipinski definition) is 1. The number of thioether (sulfide) groups is 2. The number of hydrogen-bond acceptors (Lipinski definition) is 4. The minimum absolute atomic E-state index is 0.000243. The second-order valence-electron chi connectivity index (χ2n) is 5.44. The maximum atomic E-state index is 12.5. The molecule has 1 fully saturated rings. The van der Waals surface area contributed by atoms with Gasteiger partial charge in [-0.15, -0.1) is 11.8 Å². The molecule has 3 atom stereocenters. The Morgan fingerprint density at radius 2 is 1.95 bits per heavy atom. The van der Waals surface area contributed by atoms with Crippen LogP contribution in [0.15, 0.2) is 29.2 Å². The monoisotopic (exact) mass is 324 g/mol. The second kappa shape index (κ2) is 7.56. The maximum Gasteiger partial charge on any atom is 0.241 e. The third-order valence-corrected chi connectivity index (χ3v) is 5.34. The molecule has 1 aliphatic rings. The van der Waals surface area contributed by atoms with Crippen molar-refractivity contribution in [1.29, 1.82) is 0 Å². The Balaban J connectivity index is 2.20. The lowest BCUT2D eigenvalue weighted by molar-refractivity contribution is -0.131. The van der Waals surface area contributed by atoms with Crippen molar-refractivity contribution in [2.45, 2.75) is 43.4 Å². The minimum atomic E-state index is -0.105. The van der Waals surface area contributed by atoms with Crippen LogP contribution in [0.3, 0.4) is 0 Å². The van der Waals surface area contributed by atoms with Gasteiger partial charge >= 0.3 is 0 Å². The molecule has 1 aromatic rings. The van der Waals surface area contributed by atoms with Crippen LogP contribution in [0.2, 0.25) is 0 Å². The first kappa shape index (κ1) is 16.7. The summed E-state index contributed by atoms with van der Waals surface area (Å²) < 4.78 is 0. The molecule has 116 valence electrons. The standard InChI is InChI=1S/C16H24N2OS2/c1-11(9-10-20-3)18-15(17-12(2)16(18)19)13-5-7-14(21-4)8-6-13/h5-8,11-12,15,17H,9-10H2,1-4H3. The Kier molecular flexibility index (Phi) is 6.02. The number of carbonyl (C=O) groups is 1. The molecule has 21 heavy (non-hydrogen) atoms. The van der Waals surface area contributed by atoms with Gasteiger partial charge in [-0.3, -0.25) is 10.1 Å². The average molecular weight is 325 g/mol. The van der Waals surface area contributed by atoms with Crippen LogP contribution < -0.4 is 5.32 Å². The molecule has 3 nitrogen and oxygen atoms in total. The summed E-state index contributed by atoms with van der Waals surface area (Å²) in [5, 5.41) is 3.43. The fraction of sp³-hybridized carbons (Fsp3) is 0.562. The normalized spacial score (nSPS) is 23.6. The van der Waals surface area contributed by atoms with E-state index in [0.717, 1.165) is 12.2 Å². The van der Waals surface area contributed by atoms with Gasteiger partial charge < -0.3 is 4.90 Å². The highest BCUT2D eigenvalue weighted by atomic mass is 32.2. The molecule has 1 saturated heterocycles. The van der Waals surface area contributed by atoms with Gasteiger partial charge in [0.15, 0.2) is 0 Å². The van der Waals surface area contributed by atoms with Crippen molar-refractivity contribution < 1.29 is 4.79 Å². The highest BCUT2D eigenvalue weighted by Crippen LogP contribution is 2.30. The third kappa shape index (κ3) is 3.76. The minimum Gasteiger partial charge on any atom is -0.319 e. The molecular weight excluding hydrogens is 300 g/mol. The zero-order valence-electron chi connectivity index (χ0n) is 13.1. The van der Waals surface area contributed by atoms with Crippen molar-refractivity contribution in [1.82, 2.24) is 10.2 Å². The summed E-state index contributed by atoms with van der Waals surface area (Å²) in [5.74, 6) is 1.29. The van der Waals surface area contributed by atoms with Crippen LogP contribution in [0.4, 0.5) is 0 Å². The Morgan fingerprint density at radius 1 is 1.29 bits per heavy atom. The van der Waals surface area contributed by atoms with Gasteiger partial charge in [0.2, 0.25) is 5.91 Å². The predicted molar refractivity (Wildman–Crippen MR) is 92.9 cm³/mol. The Hall–Kier alpha value is -0.650. The lowest BCUT2D eigenvalue weighted by Crippen LogP contribution is -2.38. The first-order valence-electron chi connectivity index (χ1n) is 7.29. The van der Waals surface area contributed by atoms with Crippen LogP contribution in [0, 0.1) is 0 Å². The number of nitrogens with zero attached hydrogens (tertiary/aromatic N) is 1. The van der Waals surface area contributed by atoms with Crippen LogP contribution in [0.25, 0.3) is 0 Å². The maximum absolute atomic E-state index is 12.5. The van der Waals surface area contributed by atoms with E-state index in [1.54, 1.807) is 11.8 Å². The topological polar surface area (TPSA) is 32.3 Å². The van der Waals surface area contributed by atoms with E-state index in [2.05, 4.69) is 49.0 Å². The van der Waals surface area contributed by atoms with Gasteiger partial charge in [0.1, 0.15) is 6.17 Å². The van der Waals surface area contributed by atoms with E-state index in [-0.39, 0.29) is 24.2 Å². The summed E-state index contributed by atoms with van der Waals surface area (Å²) in [5.41, 5.74) is 1.17. The fourth-order valence-corrected chi connectivity index (χ4v) is 3.67. The zero-order valence-corrected chi connectivity index (χ0v) is 14.8. The van der Waals surface area contributed by atoms with Crippen molar-refractivity contribution in [3.8, 4) is 0 Å². The molecule has 3 unspecified atom stereocenters. The summed E-state index contributed by atoms with van der Waals surface area (Å²) in [6.07, 6.45) is 5.21. The first-order chi connectivity index (χ1) is 10.1. The predicted octanol–water partition coefficient (Wildman–Crippen LogP) is 3.37. The first-order valence-corrected chi connectivity index (χ1v) is 9.91. The smallest absolute Gasteiger partial charge is 0.241 e. The van der Waals surface area contributed by atoms with Gasteiger partial charge in [-0.25, -0.2) is 0 Å². The van der Waals surface area contributed by atoms with Crippen LogP contribution in [0.1, 0.15) is 32.0 Å². The van der Waals surface area contributed by atoms with Gasteiger partial charge in [0.05, 0.1) is 6.04 Å². The molecule has 0 aromatic heterocycles. The second-order valence-corrected chi connectivity index (χ2v) is 7.31. The Bertz CT molecular complexity index is 478. The molecule has 1 heterocycles. The van der Waals surface area contributed by atoms with Crippen molar-refractivity contribution in [3.63, 3.8) is 0 Å². The van der Waals surface area contributed by atoms with Crippen molar-refractivity contribution >= 4 is 29.4 Å². The average Bonchev–Trinajstić information content (AvgIpc) is 2.80. The number of nitrogens with one attached hydrogen (secondary N) is 1.